The van der Waals surface area contributed by atoms with Crippen LogP contribution in [0.2, 0.25) is 0 Å². The number of nitriles is 1. The second kappa shape index (κ2) is 9.97. The molecule has 5 atom stereocenters. The fraction of sp³-hybridized carbons (Fsp3) is 0.423. The number of hydrogen-bond acceptors (Lipinski definition) is 10. The Balaban J connectivity index is 1.43. The van der Waals surface area contributed by atoms with E-state index in [4.69, 9.17) is 24.7 Å². The fourth-order valence-electron chi connectivity index (χ4n) is 4.92. The molecule has 13 heteroatoms. The van der Waals surface area contributed by atoms with Crippen LogP contribution in [0.4, 0.5) is 10.2 Å². The highest BCUT2D eigenvalue weighted by atomic mass is 19.1. The van der Waals surface area contributed by atoms with E-state index < -0.39 is 47.6 Å². The van der Waals surface area contributed by atoms with Gasteiger partial charge in [0, 0.05) is 6.92 Å². The topological polar surface area (TPSA) is 163 Å². The molecule has 0 aliphatic carbocycles. The normalized spacial score (nSPS) is 26.1. The van der Waals surface area contributed by atoms with Crippen LogP contribution < -0.4 is 11.1 Å². The summed E-state index contributed by atoms with van der Waals surface area (Å²) in [7, 11) is 0. The predicted molar refractivity (Wildman–Crippen MR) is 132 cm³/mol. The van der Waals surface area contributed by atoms with Crippen molar-refractivity contribution in [3.8, 4) is 6.07 Å². The van der Waals surface area contributed by atoms with Crippen LogP contribution in [-0.4, -0.2) is 63.2 Å². The van der Waals surface area contributed by atoms with Crippen LogP contribution in [0.3, 0.4) is 0 Å². The van der Waals surface area contributed by atoms with E-state index in [1.807, 2.05) is 0 Å². The van der Waals surface area contributed by atoms with Gasteiger partial charge in [-0.2, -0.15) is 10.4 Å². The number of nitrogens with one attached hydrogen (secondary N) is 1. The second-order valence-corrected chi connectivity index (χ2v) is 9.88. The number of rotatable bonds is 7. The number of esters is 1. The molecular formula is C26H27FN6O6. The van der Waals surface area contributed by atoms with E-state index >= 15 is 0 Å². The Morgan fingerprint density at radius 2 is 1.97 bits per heavy atom. The van der Waals surface area contributed by atoms with Gasteiger partial charge in [-0.1, -0.05) is 12.1 Å². The number of anilines is 1. The SMILES string of the molecule is CC(=O)OC[C@H]1O[C@@](C#N)(c2ccc3c(NC(=O)[C@@H](N)Cc4ccc(F)cc4)ncnn23)[C@@H]2OC(C)(C)O[C@@H]21. The van der Waals surface area contributed by atoms with Gasteiger partial charge in [0.15, 0.2) is 11.6 Å². The molecule has 204 valence electrons. The number of ether oxygens (including phenoxy) is 4. The zero-order chi connectivity index (χ0) is 27.9. The van der Waals surface area contributed by atoms with Crippen LogP contribution in [0.1, 0.15) is 32.0 Å². The summed E-state index contributed by atoms with van der Waals surface area (Å²) in [5.41, 5.74) is 5.81. The summed E-state index contributed by atoms with van der Waals surface area (Å²) >= 11 is 0. The highest BCUT2D eigenvalue weighted by Gasteiger charge is 2.65. The summed E-state index contributed by atoms with van der Waals surface area (Å²) in [4.78, 5) is 28.5. The third-order valence-corrected chi connectivity index (χ3v) is 6.63. The van der Waals surface area contributed by atoms with Gasteiger partial charge in [0.2, 0.25) is 11.5 Å². The lowest BCUT2D eigenvalue weighted by Gasteiger charge is -2.28. The maximum Gasteiger partial charge on any atom is 0.302 e. The highest BCUT2D eigenvalue weighted by molar-refractivity contribution is 5.97. The number of nitrogens with zero attached hydrogens (tertiary/aromatic N) is 4. The van der Waals surface area contributed by atoms with Crippen LogP contribution in [0.25, 0.3) is 5.52 Å². The second-order valence-electron chi connectivity index (χ2n) is 9.88. The predicted octanol–water partition coefficient (Wildman–Crippen LogP) is 1.58. The highest BCUT2D eigenvalue weighted by Crippen LogP contribution is 2.49. The van der Waals surface area contributed by atoms with E-state index in [0.29, 0.717) is 16.8 Å². The Kier molecular flexibility index (Phi) is 6.81. The molecule has 0 spiro atoms. The lowest BCUT2D eigenvalue weighted by molar-refractivity contribution is -0.206. The molecule has 5 rings (SSSR count). The summed E-state index contributed by atoms with van der Waals surface area (Å²) in [6.07, 6.45) is -0.938. The van der Waals surface area contributed by atoms with Crippen molar-refractivity contribution in [2.75, 3.05) is 11.9 Å². The van der Waals surface area contributed by atoms with Crippen LogP contribution in [-0.2, 0) is 40.6 Å². The Labute approximate surface area is 222 Å². The molecule has 0 unspecified atom stereocenters. The Hall–Kier alpha value is -3.96. The number of aromatic nitrogens is 3. The number of nitrogens with two attached hydrogens (primary N) is 1. The molecule has 2 aliphatic heterocycles. The molecule has 0 bridgehead atoms. The fourth-order valence-corrected chi connectivity index (χ4v) is 4.92. The van der Waals surface area contributed by atoms with Crippen molar-refractivity contribution in [2.45, 2.75) is 62.9 Å². The zero-order valence-electron chi connectivity index (χ0n) is 21.5. The maximum absolute atomic E-state index is 13.2. The molecule has 12 nitrogen and oxygen atoms in total. The van der Waals surface area contributed by atoms with Crippen LogP contribution >= 0.6 is 0 Å². The van der Waals surface area contributed by atoms with Crippen LogP contribution in [0.15, 0.2) is 42.7 Å². The lowest BCUT2D eigenvalue weighted by Crippen LogP contribution is -2.41. The Morgan fingerprint density at radius 1 is 1.23 bits per heavy atom. The number of fused-ring (bicyclic) bond motifs is 2. The monoisotopic (exact) mass is 538 g/mol. The summed E-state index contributed by atoms with van der Waals surface area (Å²) < 4.78 is 38.1. The summed E-state index contributed by atoms with van der Waals surface area (Å²) in [6, 6.07) is 10.3. The number of hydrogen-bond donors (Lipinski definition) is 2. The van der Waals surface area contributed by atoms with Gasteiger partial charge in [-0.15, -0.1) is 0 Å². The third kappa shape index (κ3) is 4.95. The van der Waals surface area contributed by atoms with E-state index in [2.05, 4.69) is 21.5 Å². The zero-order valence-corrected chi connectivity index (χ0v) is 21.5. The van der Waals surface area contributed by atoms with Crippen molar-refractivity contribution < 1.29 is 32.9 Å². The molecule has 39 heavy (non-hydrogen) atoms. The van der Waals surface area contributed by atoms with Gasteiger partial charge in [0.05, 0.1) is 11.7 Å². The first-order valence-corrected chi connectivity index (χ1v) is 12.2. The van der Waals surface area contributed by atoms with Gasteiger partial charge in [0.25, 0.3) is 0 Å². The Morgan fingerprint density at radius 3 is 2.67 bits per heavy atom. The molecule has 4 heterocycles. The van der Waals surface area contributed by atoms with Crippen molar-refractivity contribution in [3.05, 3.63) is 59.8 Å². The first-order valence-electron chi connectivity index (χ1n) is 12.2. The number of amides is 1. The van der Waals surface area contributed by atoms with E-state index in [1.165, 1.54) is 29.9 Å². The molecule has 1 amide bonds. The summed E-state index contributed by atoms with van der Waals surface area (Å²) in [5.74, 6) is -2.24. The van der Waals surface area contributed by atoms with Crippen molar-refractivity contribution in [1.29, 1.82) is 5.26 Å². The first kappa shape index (κ1) is 26.6. The summed E-state index contributed by atoms with van der Waals surface area (Å²) in [5, 5.41) is 17.4. The first-order chi connectivity index (χ1) is 18.5. The molecule has 3 N–H and O–H groups in total. The minimum atomic E-state index is -1.68. The Bertz CT molecular complexity index is 1450. The molecule has 0 saturated carbocycles. The van der Waals surface area contributed by atoms with E-state index in [1.54, 1.807) is 38.1 Å². The van der Waals surface area contributed by atoms with E-state index in [9.17, 15) is 19.2 Å². The molecule has 0 radical (unpaired) electrons. The molecule has 2 aliphatic rings. The minimum Gasteiger partial charge on any atom is -0.463 e. The van der Waals surface area contributed by atoms with E-state index in [0.717, 1.165) is 0 Å². The minimum absolute atomic E-state index is 0.134. The van der Waals surface area contributed by atoms with Gasteiger partial charge in [0.1, 0.15) is 48.6 Å². The maximum atomic E-state index is 13.2. The van der Waals surface area contributed by atoms with Crippen molar-refractivity contribution in [2.24, 2.45) is 5.73 Å². The average molecular weight is 539 g/mol. The largest absolute Gasteiger partial charge is 0.463 e. The van der Waals surface area contributed by atoms with Gasteiger partial charge in [-0.05, 0) is 50.1 Å². The smallest absolute Gasteiger partial charge is 0.302 e. The van der Waals surface area contributed by atoms with Gasteiger partial charge < -0.3 is 30.0 Å². The number of benzene rings is 1. The van der Waals surface area contributed by atoms with Crippen LogP contribution in [0, 0.1) is 17.1 Å². The molecule has 1 aromatic carbocycles. The molecule has 2 aromatic heterocycles. The van der Waals surface area contributed by atoms with Crippen molar-refractivity contribution >= 4 is 23.2 Å². The van der Waals surface area contributed by atoms with Crippen molar-refractivity contribution in [1.82, 2.24) is 14.6 Å². The molecule has 2 saturated heterocycles. The molecule has 2 fully saturated rings. The number of carbonyl (C=O) groups excluding carboxylic acids is 2. The third-order valence-electron chi connectivity index (χ3n) is 6.63. The van der Waals surface area contributed by atoms with E-state index in [-0.39, 0.29) is 24.7 Å². The number of carbonyl (C=O) groups is 2. The molecule has 3 aromatic rings. The van der Waals surface area contributed by atoms with Gasteiger partial charge >= 0.3 is 5.97 Å². The van der Waals surface area contributed by atoms with Crippen molar-refractivity contribution in [3.63, 3.8) is 0 Å². The summed E-state index contributed by atoms with van der Waals surface area (Å²) in [6.45, 7) is 4.58. The van der Waals surface area contributed by atoms with Gasteiger partial charge in [-0.3, -0.25) is 9.59 Å². The van der Waals surface area contributed by atoms with Crippen LogP contribution in [0.5, 0.6) is 0 Å². The average Bonchev–Trinajstić information content (AvgIpc) is 3.55. The lowest BCUT2D eigenvalue weighted by atomic mass is 9.92. The molecular weight excluding hydrogens is 511 g/mol. The quantitative estimate of drug-likeness (QED) is 0.422. The standard InChI is InChI=1S/C26H27FN6O6/c1-14(34)36-11-19-21-22(39-25(2,3)38-21)26(12-28,37-19)20-9-8-18-23(30-13-31-33(18)20)32-24(35)17(29)10-15-4-6-16(27)7-5-15/h4-9,13,17,19,21-22H,10-11,29H2,1-3H3,(H,30,31,32,35)/t17-,19+,21+,22+,26-/m0/s1. The number of halogens is 1. The van der Waals surface area contributed by atoms with Gasteiger partial charge in [-0.25, -0.2) is 13.9 Å².